The first-order valence-electron chi connectivity index (χ1n) is 18.4. The van der Waals surface area contributed by atoms with E-state index in [2.05, 4.69) is 61.5 Å². The second kappa shape index (κ2) is 12.0. The third kappa shape index (κ3) is 4.90. The molecular formula is C38H62O10. The van der Waals surface area contributed by atoms with E-state index in [-0.39, 0.29) is 51.2 Å². The number of rotatable bonds is 5. The number of carbonyl (C=O) groups is 1. The molecule has 10 heteroatoms. The summed E-state index contributed by atoms with van der Waals surface area (Å²) >= 11 is 0. The van der Waals surface area contributed by atoms with Gasteiger partial charge in [-0.15, -0.1) is 0 Å². The molecule has 0 spiro atoms. The first-order chi connectivity index (χ1) is 22.2. The zero-order chi connectivity index (χ0) is 35.5. The fourth-order valence-corrected chi connectivity index (χ4v) is 13.4. The lowest BCUT2D eigenvalue weighted by molar-refractivity contribution is -0.336. The smallest absolute Gasteiger partial charge is 0.302 e. The molecule has 0 radical (unpaired) electrons. The third-order valence-corrected chi connectivity index (χ3v) is 15.5. The molecule has 0 aromatic rings. The number of aliphatic hydroxyl groups is 6. The Hall–Kier alpha value is -1.11. The van der Waals surface area contributed by atoms with Gasteiger partial charge in [0.1, 0.15) is 36.6 Å². The minimum absolute atomic E-state index is 0.0256. The van der Waals surface area contributed by atoms with Crippen LogP contribution in [0.4, 0.5) is 0 Å². The fourth-order valence-electron chi connectivity index (χ4n) is 13.4. The number of carbonyl (C=O) groups excluding carboxylic acids is 1. The predicted octanol–water partition coefficient (Wildman–Crippen LogP) is 3.33. The van der Waals surface area contributed by atoms with Crippen LogP contribution in [0.3, 0.4) is 0 Å². The number of ether oxygens (including phenoxy) is 3. The van der Waals surface area contributed by atoms with Gasteiger partial charge in [0.25, 0.3) is 0 Å². The molecule has 1 aliphatic heterocycles. The van der Waals surface area contributed by atoms with Gasteiger partial charge in [-0.25, -0.2) is 0 Å². The van der Waals surface area contributed by atoms with Crippen LogP contribution < -0.4 is 0 Å². The SMILES string of the molecule is CC(=O)O[C@@H]1C[C@]2(C)C3=CC[C@@]4(C)[C@@H]5[C@@H](O)[C@@H](O)[C@H](C(C)C)[C@@]5(C)CC[C@]4(C)[C@H]3CC[C@H]2C(C)(C)[C@H]1O[C@@H]1O[C@H](CO)[C@@H](O)[C@H](O)[C@H]1O. The molecule has 6 aliphatic rings. The van der Waals surface area contributed by atoms with Crippen molar-refractivity contribution in [2.45, 2.75) is 156 Å². The molecular weight excluding hydrogens is 616 g/mol. The van der Waals surface area contributed by atoms with Crippen molar-refractivity contribution in [2.24, 2.45) is 56.7 Å². The molecule has 0 amide bonds. The minimum Gasteiger partial charge on any atom is -0.460 e. The lowest BCUT2D eigenvalue weighted by atomic mass is 9.35. The van der Waals surface area contributed by atoms with E-state index in [4.69, 9.17) is 14.2 Å². The highest BCUT2D eigenvalue weighted by Gasteiger charge is 2.73. The zero-order valence-corrected chi connectivity index (χ0v) is 30.4. The molecule has 17 atom stereocenters. The van der Waals surface area contributed by atoms with E-state index in [1.165, 1.54) is 12.5 Å². The molecule has 5 aliphatic carbocycles. The second-order valence-corrected chi connectivity index (χ2v) is 18.5. The molecule has 1 saturated heterocycles. The molecule has 6 N–H and O–H groups in total. The van der Waals surface area contributed by atoms with Crippen molar-refractivity contribution in [3.63, 3.8) is 0 Å². The molecule has 48 heavy (non-hydrogen) atoms. The van der Waals surface area contributed by atoms with Crippen molar-refractivity contribution in [1.29, 1.82) is 0 Å². The minimum atomic E-state index is -1.57. The topological polar surface area (TPSA) is 166 Å². The Labute approximate surface area is 286 Å². The number of hydrogen-bond donors (Lipinski definition) is 6. The van der Waals surface area contributed by atoms with E-state index < -0.39 is 73.1 Å². The van der Waals surface area contributed by atoms with Gasteiger partial charge in [-0.1, -0.05) is 67.0 Å². The van der Waals surface area contributed by atoms with Crippen molar-refractivity contribution in [2.75, 3.05) is 6.61 Å². The standard InChI is InChI=1S/C38H62O10/c1-18(2)25-27(42)29(44)31-35(25,6)14-15-37(8)21-10-11-24-34(4,5)32(48-33-30(45)28(43)26(41)23(17-39)47-33)22(46-19(3)40)16-36(24,7)20(21)12-13-38(31,37)9/h12,18,21-33,39,41-45H,10-11,13-17H2,1-9H3/t21-,22+,23+,24-,25-,26+,27-,28-,29-,30+,31+,32-,33-,35+,36+,37+,38-/m0/s1. The van der Waals surface area contributed by atoms with Gasteiger partial charge in [-0.2, -0.15) is 0 Å². The fraction of sp³-hybridized carbons (Fsp3) is 0.921. The maximum atomic E-state index is 12.6. The van der Waals surface area contributed by atoms with Gasteiger partial charge in [0.15, 0.2) is 6.29 Å². The molecule has 0 aromatic heterocycles. The first kappa shape index (κ1) is 36.7. The maximum Gasteiger partial charge on any atom is 0.302 e. The van der Waals surface area contributed by atoms with Crippen molar-refractivity contribution in [1.82, 2.24) is 0 Å². The van der Waals surface area contributed by atoms with Gasteiger partial charge in [0.05, 0.1) is 18.8 Å². The van der Waals surface area contributed by atoms with E-state index >= 15 is 0 Å². The van der Waals surface area contributed by atoms with Crippen LogP contribution in [0.5, 0.6) is 0 Å². The summed E-state index contributed by atoms with van der Waals surface area (Å²) in [6, 6.07) is 0. The Balaban J connectivity index is 1.36. The van der Waals surface area contributed by atoms with E-state index in [0.29, 0.717) is 6.42 Å². The van der Waals surface area contributed by atoms with Crippen LogP contribution >= 0.6 is 0 Å². The molecule has 0 bridgehead atoms. The largest absolute Gasteiger partial charge is 0.460 e. The van der Waals surface area contributed by atoms with Crippen LogP contribution in [-0.4, -0.2) is 98.3 Å². The molecule has 10 nitrogen and oxygen atoms in total. The van der Waals surface area contributed by atoms with Gasteiger partial charge < -0.3 is 44.8 Å². The summed E-state index contributed by atoms with van der Waals surface area (Å²) in [7, 11) is 0. The quantitative estimate of drug-likeness (QED) is 0.144. The number of esters is 1. The van der Waals surface area contributed by atoms with E-state index in [1.54, 1.807) is 0 Å². The first-order valence-corrected chi connectivity index (χ1v) is 18.4. The van der Waals surface area contributed by atoms with E-state index in [9.17, 15) is 35.4 Å². The summed E-state index contributed by atoms with van der Waals surface area (Å²) in [5.74, 6) is 0.234. The summed E-state index contributed by atoms with van der Waals surface area (Å²) in [6.07, 6.45) is -2.37. The summed E-state index contributed by atoms with van der Waals surface area (Å²) in [6.45, 7) is 18.8. The molecule has 274 valence electrons. The van der Waals surface area contributed by atoms with Crippen LogP contribution in [0.1, 0.15) is 101 Å². The molecule has 0 aromatic carbocycles. The average Bonchev–Trinajstić information content (AvgIpc) is 3.20. The average molecular weight is 679 g/mol. The van der Waals surface area contributed by atoms with Crippen LogP contribution in [0.15, 0.2) is 11.6 Å². The van der Waals surface area contributed by atoms with Crippen LogP contribution in [0.2, 0.25) is 0 Å². The lowest BCUT2D eigenvalue weighted by Gasteiger charge is -2.69. The van der Waals surface area contributed by atoms with Crippen molar-refractivity contribution in [3.8, 4) is 0 Å². The number of aliphatic hydroxyl groups excluding tert-OH is 6. The number of allylic oxidation sites excluding steroid dienone is 2. The highest BCUT2D eigenvalue weighted by molar-refractivity contribution is 5.66. The van der Waals surface area contributed by atoms with Crippen LogP contribution in [0, 0.1) is 56.7 Å². The van der Waals surface area contributed by atoms with E-state index in [1.807, 2.05) is 0 Å². The van der Waals surface area contributed by atoms with Crippen molar-refractivity contribution in [3.05, 3.63) is 11.6 Å². The highest BCUT2D eigenvalue weighted by Crippen LogP contribution is 2.76. The second-order valence-electron chi connectivity index (χ2n) is 18.5. The van der Waals surface area contributed by atoms with Gasteiger partial charge in [-0.3, -0.25) is 4.79 Å². The predicted molar refractivity (Wildman–Crippen MR) is 177 cm³/mol. The Morgan fingerprint density at radius 1 is 0.917 bits per heavy atom. The number of fused-ring (bicyclic) bond motifs is 7. The Kier molecular flexibility index (Phi) is 9.15. The Morgan fingerprint density at radius 3 is 2.19 bits per heavy atom. The van der Waals surface area contributed by atoms with Crippen LogP contribution in [0.25, 0.3) is 0 Å². The Bertz CT molecular complexity index is 1280. The lowest BCUT2D eigenvalue weighted by Crippen LogP contribution is -2.66. The molecule has 6 rings (SSSR count). The van der Waals surface area contributed by atoms with Gasteiger partial charge in [-0.05, 0) is 95.2 Å². The molecule has 0 unspecified atom stereocenters. The highest BCUT2D eigenvalue weighted by atomic mass is 16.7. The Morgan fingerprint density at radius 2 is 1.58 bits per heavy atom. The zero-order valence-electron chi connectivity index (χ0n) is 30.4. The van der Waals surface area contributed by atoms with Crippen molar-refractivity contribution < 1.29 is 49.6 Å². The summed E-state index contributed by atoms with van der Waals surface area (Å²) < 4.78 is 18.3. The van der Waals surface area contributed by atoms with Gasteiger partial charge in [0.2, 0.25) is 0 Å². The summed E-state index contributed by atoms with van der Waals surface area (Å²) in [4.78, 5) is 12.6. The normalized spacial score (nSPS) is 54.4. The van der Waals surface area contributed by atoms with Crippen LogP contribution in [-0.2, 0) is 19.0 Å². The monoisotopic (exact) mass is 678 g/mol. The molecule has 4 saturated carbocycles. The molecule has 5 fully saturated rings. The van der Waals surface area contributed by atoms with Crippen molar-refractivity contribution >= 4 is 5.97 Å². The van der Waals surface area contributed by atoms with Gasteiger partial charge >= 0.3 is 5.97 Å². The summed E-state index contributed by atoms with van der Waals surface area (Å²) in [5.41, 5.74) is 0.0207. The third-order valence-electron chi connectivity index (χ3n) is 15.5. The van der Waals surface area contributed by atoms with Gasteiger partial charge in [0, 0.05) is 6.92 Å². The summed E-state index contributed by atoms with van der Waals surface area (Å²) in [5, 5.41) is 64.7. The maximum absolute atomic E-state index is 12.6. The van der Waals surface area contributed by atoms with E-state index in [0.717, 1.165) is 32.1 Å². The number of hydrogen-bond acceptors (Lipinski definition) is 10. The molecule has 1 heterocycles.